The SMILES string of the molecule is c1ccc(-c2cccc(-c3cccc(-c4ccc5c(c4)sc4ccc(-c6nc(-c7ccccc7)nc(-c7cccc8oc9ccccc9c78)n6)cc45)c3)c2)cc1. The van der Waals surface area contributed by atoms with Gasteiger partial charge in [-0.1, -0.05) is 140 Å². The predicted molar refractivity (Wildman–Crippen MR) is 233 cm³/mol. The van der Waals surface area contributed by atoms with Gasteiger partial charge in [0.1, 0.15) is 11.2 Å². The standard InChI is InChI=1S/C51H31N3OS/c1-3-12-32(13-4-1)34-16-9-17-35(28-34)36-18-10-19-37(29-36)38-24-26-40-43-30-39(25-27-46(43)56-47(40)31-38)50-52-49(33-14-5-2-6-15-33)53-51(54-50)42-21-11-23-45-48(42)41-20-7-8-22-44(41)55-45/h1-31H. The fourth-order valence-corrected chi connectivity index (χ4v) is 8.91. The number of hydrogen-bond acceptors (Lipinski definition) is 5. The van der Waals surface area contributed by atoms with Crippen LogP contribution < -0.4 is 0 Å². The van der Waals surface area contributed by atoms with Crippen molar-refractivity contribution in [3.63, 3.8) is 0 Å². The van der Waals surface area contributed by atoms with Gasteiger partial charge in [0.2, 0.25) is 0 Å². The van der Waals surface area contributed by atoms with Crippen LogP contribution in [0.25, 0.3) is 110 Å². The van der Waals surface area contributed by atoms with Crippen molar-refractivity contribution in [1.29, 1.82) is 0 Å². The molecule has 3 heterocycles. The van der Waals surface area contributed by atoms with Crippen LogP contribution >= 0.6 is 11.3 Å². The van der Waals surface area contributed by atoms with Crippen LogP contribution in [0.2, 0.25) is 0 Å². The van der Waals surface area contributed by atoms with E-state index in [1.807, 2.05) is 72.0 Å². The molecule has 0 fully saturated rings. The molecule has 0 unspecified atom stereocenters. The van der Waals surface area contributed by atoms with Crippen LogP contribution in [0.3, 0.4) is 0 Å². The number of fused-ring (bicyclic) bond motifs is 6. The molecule has 11 rings (SSSR count). The van der Waals surface area contributed by atoms with Crippen molar-refractivity contribution in [2.75, 3.05) is 0 Å². The summed E-state index contributed by atoms with van der Waals surface area (Å²) in [6.45, 7) is 0. The minimum Gasteiger partial charge on any atom is -0.456 e. The van der Waals surface area contributed by atoms with Gasteiger partial charge in [0.25, 0.3) is 0 Å². The van der Waals surface area contributed by atoms with Gasteiger partial charge in [0.15, 0.2) is 17.5 Å². The van der Waals surface area contributed by atoms with Gasteiger partial charge in [-0.2, -0.15) is 0 Å². The van der Waals surface area contributed by atoms with E-state index in [9.17, 15) is 0 Å². The molecule has 0 amide bonds. The molecule has 0 bridgehead atoms. The lowest BCUT2D eigenvalue weighted by Gasteiger charge is -2.09. The monoisotopic (exact) mass is 733 g/mol. The average Bonchev–Trinajstić information content (AvgIpc) is 3.85. The summed E-state index contributed by atoms with van der Waals surface area (Å²) in [7, 11) is 0. The van der Waals surface area contributed by atoms with E-state index in [-0.39, 0.29) is 0 Å². The molecule has 8 aromatic carbocycles. The van der Waals surface area contributed by atoms with Gasteiger partial charge in [0, 0.05) is 47.6 Å². The topological polar surface area (TPSA) is 51.8 Å². The number of para-hydroxylation sites is 1. The van der Waals surface area contributed by atoms with Crippen LogP contribution in [0.1, 0.15) is 0 Å². The number of benzene rings is 8. The molecule has 0 N–H and O–H groups in total. The maximum atomic E-state index is 6.24. The molecular formula is C51H31N3OS. The maximum Gasteiger partial charge on any atom is 0.164 e. The highest BCUT2D eigenvalue weighted by Gasteiger charge is 2.18. The van der Waals surface area contributed by atoms with E-state index in [1.54, 1.807) is 0 Å². The smallest absolute Gasteiger partial charge is 0.164 e. The van der Waals surface area contributed by atoms with Gasteiger partial charge in [-0.15, -0.1) is 11.3 Å². The lowest BCUT2D eigenvalue weighted by Crippen LogP contribution is -2.00. The second-order valence-electron chi connectivity index (χ2n) is 14.0. The Kier molecular flexibility index (Phi) is 7.64. The first-order chi connectivity index (χ1) is 27.7. The van der Waals surface area contributed by atoms with Gasteiger partial charge in [-0.25, -0.2) is 15.0 Å². The van der Waals surface area contributed by atoms with Crippen LogP contribution in [0, 0.1) is 0 Å². The quantitative estimate of drug-likeness (QED) is 0.171. The van der Waals surface area contributed by atoms with E-state index >= 15 is 0 Å². The third-order valence-corrected chi connectivity index (χ3v) is 11.7. The van der Waals surface area contributed by atoms with Crippen LogP contribution in [-0.4, -0.2) is 15.0 Å². The summed E-state index contributed by atoms with van der Waals surface area (Å²) in [5, 5.41) is 4.44. The fourth-order valence-electron chi connectivity index (χ4n) is 7.79. The van der Waals surface area contributed by atoms with Crippen molar-refractivity contribution >= 4 is 53.4 Å². The predicted octanol–water partition coefficient (Wildman–Crippen LogP) is 14.1. The molecule has 262 valence electrons. The minimum absolute atomic E-state index is 0.611. The number of furan rings is 1. The van der Waals surface area contributed by atoms with Crippen LogP contribution in [0.4, 0.5) is 0 Å². The number of nitrogens with zero attached hydrogens (tertiary/aromatic N) is 3. The van der Waals surface area contributed by atoms with E-state index in [0.717, 1.165) is 38.6 Å². The van der Waals surface area contributed by atoms with Gasteiger partial charge >= 0.3 is 0 Å². The molecule has 5 heteroatoms. The Morgan fingerprint density at radius 3 is 1.62 bits per heavy atom. The molecule has 0 aliphatic rings. The highest BCUT2D eigenvalue weighted by molar-refractivity contribution is 7.25. The zero-order chi connectivity index (χ0) is 37.0. The largest absolute Gasteiger partial charge is 0.456 e. The van der Waals surface area contributed by atoms with Crippen LogP contribution in [0.5, 0.6) is 0 Å². The molecule has 0 saturated heterocycles. The second-order valence-corrected chi connectivity index (χ2v) is 15.1. The Hall–Kier alpha value is -7.21. The summed E-state index contributed by atoms with van der Waals surface area (Å²) in [6, 6.07) is 65.9. The van der Waals surface area contributed by atoms with E-state index < -0.39 is 0 Å². The molecule has 56 heavy (non-hydrogen) atoms. The zero-order valence-electron chi connectivity index (χ0n) is 30.1. The van der Waals surface area contributed by atoms with Crippen molar-refractivity contribution in [3.05, 3.63) is 188 Å². The number of rotatable bonds is 6. The lowest BCUT2D eigenvalue weighted by atomic mass is 9.96. The van der Waals surface area contributed by atoms with Gasteiger partial charge in [0.05, 0.1) is 0 Å². The summed E-state index contributed by atoms with van der Waals surface area (Å²) < 4.78 is 8.70. The minimum atomic E-state index is 0.611. The average molecular weight is 734 g/mol. The summed E-state index contributed by atoms with van der Waals surface area (Å²) in [5.74, 6) is 1.87. The van der Waals surface area contributed by atoms with Gasteiger partial charge in [-0.3, -0.25) is 0 Å². The second kappa shape index (κ2) is 13.3. The summed E-state index contributed by atoms with van der Waals surface area (Å²) in [6.07, 6.45) is 0. The van der Waals surface area contributed by atoms with Crippen LogP contribution in [0.15, 0.2) is 192 Å². The Bertz CT molecular complexity index is 3260. The Balaban J connectivity index is 0.995. The van der Waals surface area contributed by atoms with Crippen molar-refractivity contribution < 1.29 is 4.42 Å². The third-order valence-electron chi connectivity index (χ3n) is 10.5. The fraction of sp³-hybridized carbons (Fsp3) is 0. The summed E-state index contributed by atoms with van der Waals surface area (Å²) >= 11 is 1.81. The number of aromatic nitrogens is 3. The van der Waals surface area contributed by atoms with Crippen molar-refractivity contribution in [2.45, 2.75) is 0 Å². The summed E-state index contributed by atoms with van der Waals surface area (Å²) in [4.78, 5) is 15.3. The first-order valence-corrected chi connectivity index (χ1v) is 19.5. The van der Waals surface area contributed by atoms with E-state index in [2.05, 4.69) is 127 Å². The number of hydrogen-bond donors (Lipinski definition) is 0. The molecule has 0 saturated carbocycles. The summed E-state index contributed by atoms with van der Waals surface area (Å²) in [5.41, 5.74) is 11.7. The molecule has 0 aliphatic heterocycles. The lowest BCUT2D eigenvalue weighted by molar-refractivity contribution is 0.669. The molecule has 0 atom stereocenters. The molecule has 0 spiro atoms. The Morgan fingerprint density at radius 2 is 0.875 bits per heavy atom. The van der Waals surface area contributed by atoms with E-state index in [4.69, 9.17) is 19.4 Å². The first kappa shape index (κ1) is 32.2. The molecule has 0 radical (unpaired) electrons. The van der Waals surface area contributed by atoms with Crippen molar-refractivity contribution in [1.82, 2.24) is 15.0 Å². The molecule has 0 aliphatic carbocycles. The van der Waals surface area contributed by atoms with Gasteiger partial charge < -0.3 is 4.42 Å². The van der Waals surface area contributed by atoms with Crippen molar-refractivity contribution in [2.24, 2.45) is 0 Å². The molecule has 3 aromatic heterocycles. The maximum absolute atomic E-state index is 6.24. The van der Waals surface area contributed by atoms with E-state index in [1.165, 1.54) is 53.6 Å². The van der Waals surface area contributed by atoms with Crippen LogP contribution in [-0.2, 0) is 0 Å². The highest BCUT2D eigenvalue weighted by Crippen LogP contribution is 2.40. The zero-order valence-corrected chi connectivity index (χ0v) is 30.9. The molecule has 11 aromatic rings. The molecule has 4 nitrogen and oxygen atoms in total. The highest BCUT2D eigenvalue weighted by atomic mass is 32.1. The Labute approximate surface area is 327 Å². The van der Waals surface area contributed by atoms with Crippen molar-refractivity contribution in [3.8, 4) is 67.5 Å². The Morgan fingerprint density at radius 1 is 0.321 bits per heavy atom. The normalized spacial score (nSPS) is 11.6. The van der Waals surface area contributed by atoms with E-state index in [0.29, 0.717) is 17.5 Å². The third kappa shape index (κ3) is 5.65. The number of thiophene rings is 1. The molecular weight excluding hydrogens is 703 g/mol. The first-order valence-electron chi connectivity index (χ1n) is 18.7. The van der Waals surface area contributed by atoms with Gasteiger partial charge in [-0.05, 0) is 81.9 Å².